The van der Waals surface area contributed by atoms with E-state index in [1.54, 1.807) is 0 Å². The summed E-state index contributed by atoms with van der Waals surface area (Å²) in [6.45, 7) is 2.54. The highest BCUT2D eigenvalue weighted by atomic mass is 16.6. The molecule has 0 amide bonds. The largest absolute Gasteiger partial charge is 0.468 e. The van der Waals surface area contributed by atoms with Crippen molar-refractivity contribution in [2.45, 2.75) is 13.8 Å². The molecule has 0 heterocycles. The Morgan fingerprint density at radius 2 is 2.09 bits per heavy atom. The molecule has 0 spiro atoms. The molecule has 0 aromatic rings. The van der Waals surface area contributed by atoms with E-state index >= 15 is 0 Å². The van der Waals surface area contributed by atoms with Crippen molar-refractivity contribution in [1.82, 2.24) is 0 Å². The van der Waals surface area contributed by atoms with E-state index < -0.39 is 22.9 Å². The van der Waals surface area contributed by atoms with Gasteiger partial charge in [-0.2, -0.15) is 0 Å². The minimum absolute atomic E-state index is 0.403. The number of nitro groups is 1. The molecule has 0 radical (unpaired) electrons. The maximum atomic E-state index is 10.8. The first kappa shape index (κ1) is 9.87. The molecule has 11 heavy (non-hydrogen) atoms. The monoisotopic (exact) mass is 161 g/mol. The topological polar surface area (TPSA) is 69.4 Å². The van der Waals surface area contributed by atoms with Crippen LogP contribution >= 0.6 is 0 Å². The zero-order valence-corrected chi connectivity index (χ0v) is 6.79. The Hall–Kier alpha value is -1.13. The second-order valence-corrected chi connectivity index (χ2v) is 2.87. The van der Waals surface area contributed by atoms with Gasteiger partial charge in [-0.3, -0.25) is 14.9 Å². The van der Waals surface area contributed by atoms with Gasteiger partial charge < -0.3 is 4.74 Å². The van der Waals surface area contributed by atoms with Crippen LogP contribution in [0.25, 0.3) is 0 Å². The fourth-order valence-corrected chi connectivity index (χ4v) is 0.664. The molecule has 0 N–H and O–H groups in total. The van der Waals surface area contributed by atoms with E-state index in [1.165, 1.54) is 21.0 Å². The summed E-state index contributed by atoms with van der Waals surface area (Å²) >= 11 is 0. The van der Waals surface area contributed by atoms with Crippen molar-refractivity contribution >= 4 is 5.97 Å². The summed E-state index contributed by atoms with van der Waals surface area (Å²) in [5.74, 6) is -0.561. The molecule has 64 valence electrons. The Morgan fingerprint density at radius 3 is 2.36 bits per heavy atom. The lowest BCUT2D eigenvalue weighted by atomic mass is 9.94. The van der Waals surface area contributed by atoms with Gasteiger partial charge in [0.15, 0.2) is 0 Å². The van der Waals surface area contributed by atoms with E-state index in [4.69, 9.17) is 0 Å². The van der Waals surface area contributed by atoms with Crippen molar-refractivity contribution in [2.24, 2.45) is 5.41 Å². The Kier molecular flexibility index (Phi) is 2.98. The molecule has 0 unspecified atom stereocenters. The van der Waals surface area contributed by atoms with Crippen molar-refractivity contribution in [3.8, 4) is 0 Å². The molecule has 0 rings (SSSR count). The molecule has 0 saturated heterocycles. The number of carbonyl (C=O) groups is 1. The van der Waals surface area contributed by atoms with Crippen LogP contribution in [-0.4, -0.2) is 24.5 Å². The van der Waals surface area contributed by atoms with Crippen molar-refractivity contribution in [3.63, 3.8) is 0 Å². The second-order valence-electron chi connectivity index (χ2n) is 2.87. The highest BCUT2D eigenvalue weighted by Crippen LogP contribution is 2.16. The standard InChI is InChI=1S/C6H11NO4/c1-6(2,4-7(9)10)5(8)11-3/h4H2,1-3H3. The van der Waals surface area contributed by atoms with Crippen LogP contribution in [0.1, 0.15) is 13.8 Å². The lowest BCUT2D eigenvalue weighted by Gasteiger charge is -2.15. The van der Waals surface area contributed by atoms with Gasteiger partial charge in [0.1, 0.15) is 5.41 Å². The number of nitrogens with zero attached hydrogens (tertiary/aromatic N) is 1. The number of hydrogen-bond donors (Lipinski definition) is 0. The Balaban J connectivity index is 4.21. The van der Waals surface area contributed by atoms with Crippen molar-refractivity contribution in [2.75, 3.05) is 13.7 Å². The quantitative estimate of drug-likeness (QED) is 0.342. The normalized spacial score (nSPS) is 10.8. The summed E-state index contributed by atoms with van der Waals surface area (Å²) in [4.78, 5) is 20.3. The van der Waals surface area contributed by atoms with Gasteiger partial charge in [0.05, 0.1) is 7.11 Å². The number of esters is 1. The summed E-state index contributed by atoms with van der Waals surface area (Å²) in [6.07, 6.45) is 0. The highest BCUT2D eigenvalue weighted by molar-refractivity contribution is 5.75. The van der Waals surface area contributed by atoms with Crippen LogP contribution in [0.4, 0.5) is 0 Å². The fourth-order valence-electron chi connectivity index (χ4n) is 0.664. The fraction of sp³-hybridized carbons (Fsp3) is 0.833. The maximum absolute atomic E-state index is 10.8. The van der Waals surface area contributed by atoms with E-state index in [2.05, 4.69) is 4.74 Å². The predicted octanol–water partition coefficient (Wildman–Crippen LogP) is 0.462. The first-order chi connectivity index (χ1) is 4.90. The van der Waals surface area contributed by atoms with Gasteiger partial charge in [0, 0.05) is 4.92 Å². The summed E-state index contributed by atoms with van der Waals surface area (Å²) in [5.41, 5.74) is -1.03. The third-order valence-corrected chi connectivity index (χ3v) is 1.26. The van der Waals surface area contributed by atoms with Crippen LogP contribution < -0.4 is 0 Å². The molecule has 0 aromatic carbocycles. The number of carbonyl (C=O) groups excluding carboxylic acids is 1. The molecular formula is C6H11NO4. The Labute approximate surface area is 64.5 Å². The third kappa shape index (κ3) is 2.97. The molecule has 5 heteroatoms. The number of hydrogen-bond acceptors (Lipinski definition) is 4. The first-order valence-electron chi connectivity index (χ1n) is 3.10. The molecule has 0 atom stereocenters. The summed E-state index contributed by atoms with van der Waals surface area (Å²) in [6, 6.07) is 0. The Morgan fingerprint density at radius 1 is 1.64 bits per heavy atom. The SMILES string of the molecule is COC(=O)C(C)(C)C[N+](=O)[O-]. The minimum Gasteiger partial charge on any atom is -0.468 e. The van der Waals surface area contributed by atoms with E-state index in [9.17, 15) is 14.9 Å². The zero-order valence-electron chi connectivity index (χ0n) is 6.79. The van der Waals surface area contributed by atoms with Crippen LogP contribution in [0.2, 0.25) is 0 Å². The molecule has 0 bridgehead atoms. The average molecular weight is 161 g/mol. The summed E-state index contributed by atoms with van der Waals surface area (Å²) in [5, 5.41) is 10.0. The van der Waals surface area contributed by atoms with Crippen LogP contribution in [0.15, 0.2) is 0 Å². The van der Waals surface area contributed by atoms with Gasteiger partial charge in [-0.25, -0.2) is 0 Å². The molecule has 5 nitrogen and oxygen atoms in total. The van der Waals surface area contributed by atoms with E-state index in [1.807, 2.05) is 0 Å². The Bertz CT molecular complexity index is 175. The third-order valence-electron chi connectivity index (χ3n) is 1.26. The van der Waals surface area contributed by atoms with E-state index in [0.29, 0.717) is 0 Å². The lowest BCUT2D eigenvalue weighted by molar-refractivity contribution is -0.492. The van der Waals surface area contributed by atoms with Gasteiger partial charge in [-0.1, -0.05) is 0 Å². The van der Waals surface area contributed by atoms with Crippen LogP contribution in [0.5, 0.6) is 0 Å². The molecule has 0 aliphatic carbocycles. The summed E-state index contributed by atoms with van der Waals surface area (Å²) < 4.78 is 4.37. The molecule has 0 aliphatic rings. The highest BCUT2D eigenvalue weighted by Gasteiger charge is 2.34. The minimum atomic E-state index is -1.03. The van der Waals surface area contributed by atoms with Crippen molar-refractivity contribution in [3.05, 3.63) is 10.1 Å². The molecule has 0 aromatic heterocycles. The first-order valence-corrected chi connectivity index (χ1v) is 3.10. The average Bonchev–Trinajstić information content (AvgIpc) is 1.83. The van der Waals surface area contributed by atoms with Crippen LogP contribution in [-0.2, 0) is 9.53 Å². The van der Waals surface area contributed by atoms with Gasteiger partial charge in [-0.15, -0.1) is 0 Å². The predicted molar refractivity (Wildman–Crippen MR) is 37.7 cm³/mol. The van der Waals surface area contributed by atoms with E-state index in [0.717, 1.165) is 0 Å². The number of ether oxygens (including phenoxy) is 1. The molecule has 0 fully saturated rings. The van der Waals surface area contributed by atoms with Gasteiger partial charge in [0.25, 0.3) is 0 Å². The van der Waals surface area contributed by atoms with Crippen molar-refractivity contribution < 1.29 is 14.5 Å². The zero-order chi connectivity index (χ0) is 9.07. The van der Waals surface area contributed by atoms with Gasteiger partial charge in [-0.05, 0) is 13.8 Å². The lowest BCUT2D eigenvalue weighted by Crippen LogP contribution is -2.33. The van der Waals surface area contributed by atoms with E-state index in [-0.39, 0.29) is 0 Å². The van der Waals surface area contributed by atoms with Crippen molar-refractivity contribution in [1.29, 1.82) is 0 Å². The van der Waals surface area contributed by atoms with Crippen LogP contribution in [0, 0.1) is 15.5 Å². The smallest absolute Gasteiger partial charge is 0.317 e. The molecular weight excluding hydrogens is 150 g/mol. The molecule has 0 saturated carbocycles. The molecule has 0 aliphatic heterocycles. The number of methoxy groups -OCH3 is 1. The van der Waals surface area contributed by atoms with Gasteiger partial charge >= 0.3 is 5.97 Å². The van der Waals surface area contributed by atoms with Crippen LogP contribution in [0.3, 0.4) is 0 Å². The maximum Gasteiger partial charge on any atom is 0.317 e. The second kappa shape index (κ2) is 3.32. The van der Waals surface area contributed by atoms with Gasteiger partial charge in [0.2, 0.25) is 6.54 Å². The number of rotatable bonds is 3. The summed E-state index contributed by atoms with van der Waals surface area (Å²) in [7, 11) is 1.21.